The van der Waals surface area contributed by atoms with Crippen LogP contribution in [0.5, 0.6) is 0 Å². The first kappa shape index (κ1) is 9.94. The van der Waals surface area contributed by atoms with Crippen LogP contribution >= 0.6 is 0 Å². The minimum atomic E-state index is -0.180. The van der Waals surface area contributed by atoms with E-state index in [4.69, 9.17) is 5.26 Å². The van der Waals surface area contributed by atoms with Crippen LogP contribution in [0.4, 0.5) is 5.82 Å². The smallest absolute Gasteiger partial charge is 0.129 e. The van der Waals surface area contributed by atoms with Gasteiger partial charge in [-0.3, -0.25) is 0 Å². The van der Waals surface area contributed by atoms with Gasteiger partial charge in [-0.15, -0.1) is 0 Å². The van der Waals surface area contributed by atoms with Crippen molar-refractivity contribution in [2.24, 2.45) is 0 Å². The molecule has 78 valence electrons. The highest BCUT2D eigenvalue weighted by atomic mass is 16.3. The van der Waals surface area contributed by atoms with Crippen LogP contribution in [0.25, 0.3) is 0 Å². The molecule has 4 heteroatoms. The molecule has 0 aliphatic carbocycles. The Bertz CT molecular complexity index is 378. The zero-order valence-electron chi connectivity index (χ0n) is 8.43. The lowest BCUT2D eigenvalue weighted by Crippen LogP contribution is -2.36. The molecule has 15 heavy (non-hydrogen) atoms. The number of piperidine rings is 1. The van der Waals surface area contributed by atoms with Gasteiger partial charge < -0.3 is 10.0 Å². The standard InChI is InChI=1S/C11H13N3O/c12-8-9-1-4-13-11(7-9)14-5-2-10(15)3-6-14/h1,4,7,10,15H,2-3,5-6H2. The molecule has 0 radical (unpaired) electrons. The predicted octanol–water partition coefficient (Wildman–Crippen LogP) is 0.914. The van der Waals surface area contributed by atoms with Crippen molar-refractivity contribution >= 4 is 5.82 Å². The summed E-state index contributed by atoms with van der Waals surface area (Å²) in [7, 11) is 0. The highest BCUT2D eigenvalue weighted by molar-refractivity contribution is 5.45. The summed E-state index contributed by atoms with van der Waals surface area (Å²) >= 11 is 0. The van der Waals surface area contributed by atoms with Crippen molar-refractivity contribution in [3.8, 4) is 6.07 Å². The quantitative estimate of drug-likeness (QED) is 0.737. The van der Waals surface area contributed by atoms with Gasteiger partial charge in [0.1, 0.15) is 5.82 Å². The molecule has 1 N–H and O–H groups in total. The first-order valence-corrected chi connectivity index (χ1v) is 5.09. The number of aromatic nitrogens is 1. The number of pyridine rings is 1. The summed E-state index contributed by atoms with van der Waals surface area (Å²) in [5.74, 6) is 0.834. The van der Waals surface area contributed by atoms with E-state index in [1.165, 1.54) is 0 Å². The van der Waals surface area contributed by atoms with Gasteiger partial charge in [-0.05, 0) is 25.0 Å². The fourth-order valence-corrected chi connectivity index (χ4v) is 1.76. The van der Waals surface area contributed by atoms with E-state index >= 15 is 0 Å². The normalized spacial score (nSPS) is 17.5. The molecule has 1 aromatic heterocycles. The average molecular weight is 203 g/mol. The number of hydrogen-bond acceptors (Lipinski definition) is 4. The maximum atomic E-state index is 9.38. The van der Waals surface area contributed by atoms with E-state index in [0.29, 0.717) is 5.56 Å². The molecule has 4 nitrogen and oxygen atoms in total. The first-order valence-electron chi connectivity index (χ1n) is 5.09. The van der Waals surface area contributed by atoms with Gasteiger partial charge in [0.05, 0.1) is 17.7 Å². The number of aliphatic hydroxyl groups excluding tert-OH is 1. The third-order valence-corrected chi connectivity index (χ3v) is 2.66. The Kier molecular flexibility index (Phi) is 2.84. The van der Waals surface area contributed by atoms with Gasteiger partial charge in [0.25, 0.3) is 0 Å². The molecule has 1 aliphatic rings. The summed E-state index contributed by atoms with van der Waals surface area (Å²) < 4.78 is 0. The largest absolute Gasteiger partial charge is 0.393 e. The SMILES string of the molecule is N#Cc1ccnc(N2CCC(O)CC2)c1. The third-order valence-electron chi connectivity index (χ3n) is 2.66. The molecule has 2 heterocycles. The Labute approximate surface area is 88.8 Å². The number of nitriles is 1. The van der Waals surface area contributed by atoms with Gasteiger partial charge in [-0.25, -0.2) is 4.98 Å². The van der Waals surface area contributed by atoms with Crippen molar-refractivity contribution in [2.45, 2.75) is 18.9 Å². The summed E-state index contributed by atoms with van der Waals surface area (Å²) in [5.41, 5.74) is 0.631. The summed E-state index contributed by atoms with van der Waals surface area (Å²) in [6.45, 7) is 1.62. The Hall–Kier alpha value is -1.60. The van der Waals surface area contributed by atoms with E-state index in [2.05, 4.69) is 16.0 Å². The van der Waals surface area contributed by atoms with Gasteiger partial charge in [0.15, 0.2) is 0 Å². The molecule has 1 saturated heterocycles. The van der Waals surface area contributed by atoms with Crippen LogP contribution in [0.15, 0.2) is 18.3 Å². The molecule has 2 rings (SSSR count). The minimum Gasteiger partial charge on any atom is -0.393 e. The summed E-state index contributed by atoms with van der Waals surface area (Å²) in [4.78, 5) is 6.33. The summed E-state index contributed by atoms with van der Waals surface area (Å²) in [6.07, 6.45) is 3.02. The number of nitrogens with zero attached hydrogens (tertiary/aromatic N) is 3. The van der Waals surface area contributed by atoms with E-state index in [9.17, 15) is 5.11 Å². The Morgan fingerprint density at radius 3 is 2.87 bits per heavy atom. The second-order valence-electron chi connectivity index (χ2n) is 3.73. The molecule has 0 saturated carbocycles. The fraction of sp³-hybridized carbons (Fsp3) is 0.455. The molecular formula is C11H13N3O. The van der Waals surface area contributed by atoms with E-state index < -0.39 is 0 Å². The van der Waals surface area contributed by atoms with Crippen LogP contribution in [0.1, 0.15) is 18.4 Å². The molecule has 0 unspecified atom stereocenters. The van der Waals surface area contributed by atoms with Gasteiger partial charge >= 0.3 is 0 Å². The zero-order chi connectivity index (χ0) is 10.7. The van der Waals surface area contributed by atoms with E-state index in [0.717, 1.165) is 31.7 Å². The van der Waals surface area contributed by atoms with Crippen LogP contribution in [-0.2, 0) is 0 Å². The van der Waals surface area contributed by atoms with Gasteiger partial charge in [0.2, 0.25) is 0 Å². The molecule has 0 amide bonds. The van der Waals surface area contributed by atoms with Crippen LogP contribution in [0, 0.1) is 11.3 Å². The third kappa shape index (κ3) is 2.25. The Morgan fingerprint density at radius 1 is 1.47 bits per heavy atom. The van der Waals surface area contributed by atoms with Crippen molar-refractivity contribution in [3.63, 3.8) is 0 Å². The monoisotopic (exact) mass is 203 g/mol. The Balaban J connectivity index is 2.12. The van der Waals surface area contributed by atoms with Crippen LogP contribution in [0.2, 0.25) is 0 Å². The number of rotatable bonds is 1. The van der Waals surface area contributed by atoms with Crippen molar-refractivity contribution in [1.82, 2.24) is 4.98 Å². The maximum Gasteiger partial charge on any atom is 0.129 e. The molecule has 0 aromatic carbocycles. The van der Waals surface area contributed by atoms with Crippen LogP contribution in [-0.4, -0.2) is 29.3 Å². The summed E-state index contributed by atoms with van der Waals surface area (Å²) in [5, 5.41) is 18.1. The second kappa shape index (κ2) is 4.28. The predicted molar refractivity (Wildman–Crippen MR) is 56.4 cm³/mol. The molecule has 1 fully saturated rings. The molecule has 1 aromatic rings. The van der Waals surface area contributed by atoms with Crippen molar-refractivity contribution in [1.29, 1.82) is 5.26 Å². The minimum absolute atomic E-state index is 0.180. The first-order chi connectivity index (χ1) is 7.29. The van der Waals surface area contributed by atoms with E-state index in [-0.39, 0.29) is 6.10 Å². The van der Waals surface area contributed by atoms with Gasteiger partial charge in [-0.1, -0.05) is 0 Å². The number of aliphatic hydroxyl groups is 1. The second-order valence-corrected chi connectivity index (χ2v) is 3.73. The van der Waals surface area contributed by atoms with Crippen molar-refractivity contribution in [3.05, 3.63) is 23.9 Å². The fourth-order valence-electron chi connectivity index (χ4n) is 1.76. The molecule has 0 atom stereocenters. The summed E-state index contributed by atoms with van der Waals surface area (Å²) in [6, 6.07) is 5.59. The van der Waals surface area contributed by atoms with Crippen LogP contribution < -0.4 is 4.90 Å². The highest BCUT2D eigenvalue weighted by Crippen LogP contribution is 2.18. The molecular weight excluding hydrogens is 190 g/mol. The van der Waals surface area contributed by atoms with E-state index in [1.54, 1.807) is 18.3 Å². The van der Waals surface area contributed by atoms with Crippen LogP contribution in [0.3, 0.4) is 0 Å². The number of hydrogen-bond donors (Lipinski definition) is 1. The van der Waals surface area contributed by atoms with Crippen molar-refractivity contribution < 1.29 is 5.11 Å². The molecule has 0 bridgehead atoms. The highest BCUT2D eigenvalue weighted by Gasteiger charge is 2.17. The average Bonchev–Trinajstić information content (AvgIpc) is 2.30. The lowest BCUT2D eigenvalue weighted by atomic mass is 10.1. The lowest BCUT2D eigenvalue weighted by Gasteiger charge is -2.30. The lowest BCUT2D eigenvalue weighted by molar-refractivity contribution is 0.145. The van der Waals surface area contributed by atoms with E-state index in [1.807, 2.05) is 0 Å². The van der Waals surface area contributed by atoms with Crippen molar-refractivity contribution in [2.75, 3.05) is 18.0 Å². The number of anilines is 1. The van der Waals surface area contributed by atoms with Gasteiger partial charge in [-0.2, -0.15) is 5.26 Å². The molecule has 1 aliphatic heterocycles. The zero-order valence-corrected chi connectivity index (χ0v) is 8.43. The Morgan fingerprint density at radius 2 is 2.20 bits per heavy atom. The molecule has 0 spiro atoms. The van der Waals surface area contributed by atoms with Gasteiger partial charge in [0, 0.05) is 19.3 Å². The maximum absolute atomic E-state index is 9.38. The topological polar surface area (TPSA) is 60.2 Å².